The Bertz CT molecular complexity index is 940. The summed E-state index contributed by atoms with van der Waals surface area (Å²) in [6, 6.07) is 6.68. The number of pyridine rings is 1. The zero-order valence-electron chi connectivity index (χ0n) is 15.7. The van der Waals surface area contributed by atoms with E-state index in [1.807, 2.05) is 0 Å². The van der Waals surface area contributed by atoms with E-state index in [1.54, 1.807) is 28.0 Å². The highest BCUT2D eigenvalue weighted by Gasteiger charge is 2.22. The van der Waals surface area contributed by atoms with Crippen molar-refractivity contribution in [2.75, 3.05) is 44.7 Å². The molecule has 0 radical (unpaired) electrons. The molecular formula is C20H20N4O5. The molecule has 3 amide bonds. The number of carbonyl (C=O) groups is 3. The molecule has 4 rings (SSSR count). The van der Waals surface area contributed by atoms with E-state index in [0.717, 1.165) is 6.41 Å². The van der Waals surface area contributed by atoms with E-state index in [-0.39, 0.29) is 17.4 Å². The number of aromatic nitrogens is 1. The topological polar surface area (TPSA) is 101 Å². The molecule has 0 bridgehead atoms. The van der Waals surface area contributed by atoms with Crippen molar-refractivity contribution < 1.29 is 23.9 Å². The number of nitrogens with one attached hydrogen (secondary N) is 1. The molecule has 3 heterocycles. The number of hydrogen-bond donors (Lipinski definition) is 1. The molecule has 1 aromatic carbocycles. The first-order valence-corrected chi connectivity index (χ1v) is 9.29. The van der Waals surface area contributed by atoms with Crippen molar-refractivity contribution in [1.82, 2.24) is 14.8 Å². The quantitative estimate of drug-likeness (QED) is 0.775. The average Bonchev–Trinajstić information content (AvgIpc) is 2.78. The third kappa shape index (κ3) is 4.13. The molecule has 9 nitrogen and oxygen atoms in total. The second kappa shape index (κ2) is 8.17. The van der Waals surface area contributed by atoms with Crippen LogP contribution in [0.3, 0.4) is 0 Å². The molecular weight excluding hydrogens is 376 g/mol. The summed E-state index contributed by atoms with van der Waals surface area (Å²) in [4.78, 5) is 43.5. The Labute approximate surface area is 167 Å². The van der Waals surface area contributed by atoms with Gasteiger partial charge in [0.05, 0.1) is 11.1 Å². The van der Waals surface area contributed by atoms with Crippen molar-refractivity contribution in [2.45, 2.75) is 0 Å². The van der Waals surface area contributed by atoms with Crippen molar-refractivity contribution >= 4 is 23.9 Å². The summed E-state index contributed by atoms with van der Waals surface area (Å²) in [6.45, 7) is 2.84. The lowest BCUT2D eigenvalue weighted by atomic mass is 10.1. The van der Waals surface area contributed by atoms with E-state index < -0.39 is 0 Å². The molecule has 150 valence electrons. The van der Waals surface area contributed by atoms with Gasteiger partial charge in [0.2, 0.25) is 6.41 Å². The summed E-state index contributed by atoms with van der Waals surface area (Å²) in [5, 5.41) is 2.78. The highest BCUT2D eigenvalue weighted by molar-refractivity contribution is 6.06. The Morgan fingerprint density at radius 2 is 1.69 bits per heavy atom. The van der Waals surface area contributed by atoms with Crippen LogP contribution in [0.15, 0.2) is 36.7 Å². The molecule has 9 heteroatoms. The van der Waals surface area contributed by atoms with Crippen LogP contribution in [0.4, 0.5) is 5.69 Å². The molecule has 2 aromatic rings. The minimum atomic E-state index is -0.380. The van der Waals surface area contributed by atoms with Crippen LogP contribution in [-0.4, -0.2) is 72.4 Å². The maximum atomic E-state index is 12.7. The van der Waals surface area contributed by atoms with Crippen molar-refractivity contribution in [2.24, 2.45) is 0 Å². The number of rotatable bonds is 4. The highest BCUT2D eigenvalue weighted by atomic mass is 16.6. The van der Waals surface area contributed by atoms with Gasteiger partial charge in [-0.2, -0.15) is 0 Å². The minimum Gasteiger partial charge on any atom is -0.486 e. The van der Waals surface area contributed by atoms with Gasteiger partial charge in [-0.25, -0.2) is 0 Å². The van der Waals surface area contributed by atoms with E-state index >= 15 is 0 Å². The summed E-state index contributed by atoms with van der Waals surface area (Å²) < 4.78 is 11.0. The second-order valence-corrected chi connectivity index (χ2v) is 6.71. The smallest absolute Gasteiger partial charge is 0.257 e. The van der Waals surface area contributed by atoms with E-state index in [9.17, 15) is 14.4 Å². The predicted molar refractivity (Wildman–Crippen MR) is 103 cm³/mol. The van der Waals surface area contributed by atoms with Crippen LogP contribution in [0, 0.1) is 0 Å². The van der Waals surface area contributed by atoms with Crippen LogP contribution < -0.4 is 14.8 Å². The molecule has 0 aliphatic carbocycles. The summed E-state index contributed by atoms with van der Waals surface area (Å²) in [7, 11) is 0. The number of amides is 3. The Morgan fingerprint density at radius 1 is 0.966 bits per heavy atom. The van der Waals surface area contributed by atoms with Crippen LogP contribution >= 0.6 is 0 Å². The average molecular weight is 396 g/mol. The third-order valence-electron chi connectivity index (χ3n) is 4.80. The molecule has 1 N–H and O–H groups in total. The standard InChI is InChI=1S/C20H20N4O5/c25-13-23-3-5-24(6-4-23)20(27)15-9-14(11-21-12-15)19(26)22-16-1-2-17-18(10-16)29-8-7-28-17/h1-2,9-13H,3-8H2,(H,22,26). The summed E-state index contributed by atoms with van der Waals surface area (Å²) in [5.41, 5.74) is 1.16. The van der Waals surface area contributed by atoms with Gasteiger partial charge in [-0.15, -0.1) is 0 Å². The highest BCUT2D eigenvalue weighted by Crippen LogP contribution is 2.32. The lowest BCUT2D eigenvalue weighted by Crippen LogP contribution is -2.48. The number of fused-ring (bicyclic) bond motifs is 1. The zero-order chi connectivity index (χ0) is 20.2. The van der Waals surface area contributed by atoms with E-state index in [1.165, 1.54) is 18.5 Å². The van der Waals surface area contributed by atoms with Gasteiger partial charge in [0.15, 0.2) is 11.5 Å². The maximum Gasteiger partial charge on any atom is 0.257 e. The molecule has 0 saturated carbocycles. The molecule has 1 saturated heterocycles. The van der Waals surface area contributed by atoms with Gasteiger partial charge in [0.1, 0.15) is 13.2 Å². The fraction of sp³-hybridized carbons (Fsp3) is 0.300. The van der Waals surface area contributed by atoms with Gasteiger partial charge in [-0.3, -0.25) is 19.4 Å². The SMILES string of the molecule is O=CN1CCN(C(=O)c2cncc(C(=O)Nc3ccc4c(c3)OCCO4)c2)CC1. The van der Waals surface area contributed by atoms with E-state index in [4.69, 9.17) is 9.47 Å². The number of nitrogens with zero attached hydrogens (tertiary/aromatic N) is 3. The van der Waals surface area contributed by atoms with Crippen molar-refractivity contribution in [3.05, 3.63) is 47.8 Å². The fourth-order valence-corrected chi connectivity index (χ4v) is 3.22. The van der Waals surface area contributed by atoms with Crippen LogP contribution in [-0.2, 0) is 4.79 Å². The van der Waals surface area contributed by atoms with Gasteiger partial charge in [0, 0.05) is 50.3 Å². The van der Waals surface area contributed by atoms with Crippen LogP contribution in [0.25, 0.3) is 0 Å². The van der Waals surface area contributed by atoms with E-state index in [0.29, 0.717) is 62.1 Å². The van der Waals surface area contributed by atoms with Crippen LogP contribution in [0.2, 0.25) is 0 Å². The van der Waals surface area contributed by atoms with Gasteiger partial charge in [-0.05, 0) is 18.2 Å². The van der Waals surface area contributed by atoms with Gasteiger partial charge >= 0.3 is 0 Å². The van der Waals surface area contributed by atoms with Crippen LogP contribution in [0.1, 0.15) is 20.7 Å². The normalized spacial score (nSPS) is 15.6. The Kier molecular flexibility index (Phi) is 5.28. The monoisotopic (exact) mass is 396 g/mol. The number of hydrogen-bond acceptors (Lipinski definition) is 6. The Hall–Kier alpha value is -3.62. The lowest BCUT2D eigenvalue weighted by Gasteiger charge is -2.32. The third-order valence-corrected chi connectivity index (χ3v) is 4.80. The number of benzene rings is 1. The van der Waals surface area contributed by atoms with Crippen LogP contribution in [0.5, 0.6) is 11.5 Å². The largest absolute Gasteiger partial charge is 0.486 e. The zero-order valence-corrected chi connectivity index (χ0v) is 15.7. The molecule has 1 aromatic heterocycles. The number of piperazine rings is 1. The first-order valence-electron chi connectivity index (χ1n) is 9.29. The molecule has 2 aliphatic rings. The van der Waals surface area contributed by atoms with Crippen molar-refractivity contribution in [1.29, 1.82) is 0 Å². The summed E-state index contributed by atoms with van der Waals surface area (Å²) in [5.74, 6) is 0.621. The first-order chi connectivity index (χ1) is 14.1. The number of carbonyl (C=O) groups excluding carboxylic acids is 3. The molecule has 1 fully saturated rings. The number of anilines is 1. The maximum absolute atomic E-state index is 12.7. The second-order valence-electron chi connectivity index (χ2n) is 6.71. The van der Waals surface area contributed by atoms with Gasteiger partial charge < -0.3 is 24.6 Å². The molecule has 0 unspecified atom stereocenters. The van der Waals surface area contributed by atoms with E-state index in [2.05, 4.69) is 10.3 Å². The van der Waals surface area contributed by atoms with Gasteiger partial charge in [-0.1, -0.05) is 0 Å². The van der Waals surface area contributed by atoms with Crippen molar-refractivity contribution in [3.63, 3.8) is 0 Å². The lowest BCUT2D eigenvalue weighted by molar-refractivity contribution is -0.119. The summed E-state index contributed by atoms with van der Waals surface area (Å²) >= 11 is 0. The molecule has 0 spiro atoms. The molecule has 2 aliphatic heterocycles. The Morgan fingerprint density at radius 3 is 2.45 bits per heavy atom. The fourth-order valence-electron chi connectivity index (χ4n) is 3.22. The van der Waals surface area contributed by atoms with Gasteiger partial charge in [0.25, 0.3) is 11.8 Å². The first kappa shape index (κ1) is 18.7. The molecule has 29 heavy (non-hydrogen) atoms. The summed E-state index contributed by atoms with van der Waals surface area (Å²) in [6.07, 6.45) is 3.63. The Balaban J connectivity index is 1.45. The minimum absolute atomic E-state index is 0.211. The number of ether oxygens (including phenoxy) is 2. The predicted octanol–water partition coefficient (Wildman–Crippen LogP) is 1.02. The van der Waals surface area contributed by atoms with Crippen molar-refractivity contribution in [3.8, 4) is 11.5 Å². The molecule has 0 atom stereocenters.